The summed E-state index contributed by atoms with van der Waals surface area (Å²) in [7, 11) is -3.89. The topological polar surface area (TPSA) is 92.8 Å². The van der Waals surface area contributed by atoms with E-state index < -0.39 is 32.6 Å². The predicted octanol–water partition coefficient (Wildman–Crippen LogP) is 4.90. The Bertz CT molecular complexity index is 1340. The van der Waals surface area contributed by atoms with Crippen LogP contribution < -0.4 is 5.32 Å². The van der Waals surface area contributed by atoms with E-state index in [1.165, 1.54) is 24.3 Å². The van der Waals surface area contributed by atoms with Crippen LogP contribution in [-0.4, -0.2) is 49.3 Å². The van der Waals surface area contributed by atoms with Crippen LogP contribution in [0.2, 0.25) is 5.02 Å². The maximum absolute atomic E-state index is 13.6. The highest BCUT2D eigenvalue weighted by Crippen LogP contribution is 2.55. The molecule has 4 aliphatic rings. The highest BCUT2D eigenvalue weighted by Gasteiger charge is 2.59. The Hall–Kier alpha value is -2.72. The van der Waals surface area contributed by atoms with Gasteiger partial charge in [-0.25, -0.2) is 22.0 Å². The van der Waals surface area contributed by atoms with E-state index in [0.29, 0.717) is 19.4 Å². The van der Waals surface area contributed by atoms with Gasteiger partial charge in [-0.2, -0.15) is 0 Å². The van der Waals surface area contributed by atoms with Crippen LogP contribution in [0.25, 0.3) is 0 Å². The molecule has 1 saturated heterocycles. The largest absolute Gasteiger partial charge is 0.444 e. The molecule has 7 nitrogen and oxygen atoms in total. The molecule has 2 aromatic rings. The normalized spacial score (nSPS) is 29.5. The number of hydrogen-bond acceptors (Lipinski definition) is 5. The number of fused-ring (bicyclic) bond motifs is 2. The smallest absolute Gasteiger partial charge is 0.410 e. The highest BCUT2D eigenvalue weighted by atomic mass is 35.5. The first-order chi connectivity index (χ1) is 17.0. The number of ether oxygens (including phenoxy) is 1. The van der Waals surface area contributed by atoms with E-state index in [1.807, 2.05) is 6.92 Å². The molecule has 0 aromatic heterocycles. The number of hydrogen-bond donors (Lipinski definition) is 1. The van der Waals surface area contributed by atoms with Crippen LogP contribution in [0.4, 0.5) is 19.3 Å². The zero-order valence-corrected chi connectivity index (χ0v) is 21.2. The highest BCUT2D eigenvalue weighted by molar-refractivity contribution is 7.92. The lowest BCUT2D eigenvalue weighted by atomic mass is 9.53. The molecule has 1 aliphatic heterocycles. The Morgan fingerprint density at radius 3 is 2.39 bits per heavy atom. The summed E-state index contributed by atoms with van der Waals surface area (Å²) in [5, 5.41) is 1.74. The van der Waals surface area contributed by atoms with Crippen molar-refractivity contribution in [2.45, 2.75) is 49.0 Å². The van der Waals surface area contributed by atoms with Crippen molar-refractivity contribution in [3.63, 3.8) is 0 Å². The first-order valence-corrected chi connectivity index (χ1v) is 13.7. The van der Waals surface area contributed by atoms with Crippen molar-refractivity contribution >= 4 is 39.1 Å². The Balaban J connectivity index is 1.35. The number of rotatable bonds is 5. The van der Waals surface area contributed by atoms with Gasteiger partial charge in [-0.05, 0) is 67.9 Å². The molecule has 11 heteroatoms. The average molecular weight is 539 g/mol. The zero-order valence-electron chi connectivity index (χ0n) is 19.6. The van der Waals surface area contributed by atoms with Crippen molar-refractivity contribution in [2.24, 2.45) is 17.8 Å². The number of anilines is 1. The molecule has 1 heterocycles. The lowest BCUT2D eigenvalue weighted by Gasteiger charge is -2.59. The van der Waals surface area contributed by atoms with Gasteiger partial charge in [0, 0.05) is 23.4 Å². The third-order valence-electron chi connectivity index (χ3n) is 7.76. The van der Waals surface area contributed by atoms with E-state index in [2.05, 4.69) is 12.2 Å². The van der Waals surface area contributed by atoms with E-state index in [-0.39, 0.29) is 57.2 Å². The van der Waals surface area contributed by atoms with Crippen molar-refractivity contribution in [3.05, 3.63) is 58.6 Å². The SMILES string of the molecule is C[C@@H]1CN(C2C3C[C@H](S(=O)(=O)c4cc(C(=O)Nc5ccc(F)c(F)c5)ccc4Cl)CC2[C@@H]3C)C(=O)O1. The number of cyclic esters (lactones) is 1. The number of halogens is 3. The number of carbonyl (C=O) groups is 2. The third kappa shape index (κ3) is 4.14. The van der Waals surface area contributed by atoms with Crippen LogP contribution in [0.5, 0.6) is 0 Å². The minimum absolute atomic E-state index is 0.000155. The maximum atomic E-state index is 13.6. The standard InChI is InChI=1S/C25H25ClF2N2O5S/c1-12-11-30(25(32)35-12)23-17-9-16(10-18(23)13(17)2)36(33,34)22-7-14(3-5-19(22)26)24(31)29-15-4-6-20(27)21(28)8-15/h3-8,12-13,16-18,23H,9-11H2,1-2H3,(H,29,31)/t12-,13-,16+,17?,18?,23?/m1/s1. The summed E-state index contributed by atoms with van der Waals surface area (Å²) < 4.78 is 59.2. The van der Waals surface area contributed by atoms with Crippen molar-refractivity contribution in [1.29, 1.82) is 0 Å². The minimum atomic E-state index is -3.89. The van der Waals surface area contributed by atoms with Crippen molar-refractivity contribution < 1.29 is 31.5 Å². The van der Waals surface area contributed by atoms with Crippen LogP contribution in [0.1, 0.15) is 37.0 Å². The first-order valence-electron chi connectivity index (χ1n) is 11.7. The first kappa shape index (κ1) is 25.0. The molecule has 3 atom stereocenters. The lowest BCUT2D eigenvalue weighted by molar-refractivity contribution is -0.0689. The van der Waals surface area contributed by atoms with Crippen LogP contribution in [0.3, 0.4) is 0 Å². The summed E-state index contributed by atoms with van der Waals surface area (Å²) in [5.41, 5.74) is 0.0455. The van der Waals surface area contributed by atoms with Crippen LogP contribution in [0.15, 0.2) is 41.3 Å². The van der Waals surface area contributed by atoms with E-state index in [4.69, 9.17) is 16.3 Å². The van der Waals surface area contributed by atoms with Gasteiger partial charge in [0.25, 0.3) is 5.91 Å². The second-order valence-corrected chi connectivity index (χ2v) is 12.5. The Labute approximate surface area is 212 Å². The molecule has 6 rings (SSSR count). The molecule has 2 bridgehead atoms. The Morgan fingerprint density at radius 1 is 1.08 bits per heavy atom. The summed E-state index contributed by atoms with van der Waals surface area (Å²) in [6.45, 7) is 4.41. The second kappa shape index (κ2) is 8.99. The summed E-state index contributed by atoms with van der Waals surface area (Å²) >= 11 is 6.28. The predicted molar refractivity (Wildman–Crippen MR) is 129 cm³/mol. The number of sulfone groups is 1. The third-order valence-corrected chi connectivity index (χ3v) is 10.4. The Morgan fingerprint density at radius 2 is 1.78 bits per heavy atom. The fourth-order valence-corrected chi connectivity index (χ4v) is 8.31. The fraction of sp³-hybridized carbons (Fsp3) is 0.440. The van der Waals surface area contributed by atoms with Gasteiger partial charge in [0.15, 0.2) is 21.5 Å². The molecule has 3 saturated carbocycles. The number of amides is 2. The molecule has 3 aliphatic carbocycles. The van der Waals surface area contributed by atoms with Gasteiger partial charge in [0.2, 0.25) is 0 Å². The number of nitrogens with one attached hydrogen (secondary N) is 1. The quantitative estimate of drug-likeness (QED) is 0.584. The molecule has 2 amide bonds. The van der Waals surface area contributed by atoms with Gasteiger partial charge in [-0.3, -0.25) is 4.79 Å². The van der Waals surface area contributed by atoms with E-state index in [9.17, 15) is 26.8 Å². The summed E-state index contributed by atoms with van der Waals surface area (Å²) in [6, 6.07) is 6.81. The molecular formula is C25H25ClF2N2O5S. The van der Waals surface area contributed by atoms with E-state index in [0.717, 1.165) is 12.1 Å². The van der Waals surface area contributed by atoms with Crippen LogP contribution >= 0.6 is 11.6 Å². The van der Waals surface area contributed by atoms with Crippen molar-refractivity contribution in [1.82, 2.24) is 4.90 Å². The molecule has 192 valence electrons. The molecule has 2 unspecified atom stereocenters. The molecule has 0 spiro atoms. The molecule has 0 radical (unpaired) electrons. The summed E-state index contributed by atoms with van der Waals surface area (Å²) in [5.74, 6) is -2.51. The average Bonchev–Trinajstić information content (AvgIpc) is 3.17. The van der Waals surface area contributed by atoms with Gasteiger partial charge in [0.05, 0.1) is 21.7 Å². The monoisotopic (exact) mass is 538 g/mol. The van der Waals surface area contributed by atoms with Crippen LogP contribution in [0, 0.1) is 29.4 Å². The number of nitrogens with zero attached hydrogens (tertiary/aromatic N) is 1. The fourth-order valence-electron chi connectivity index (χ4n) is 5.93. The molecular weight excluding hydrogens is 514 g/mol. The summed E-state index contributed by atoms with van der Waals surface area (Å²) in [4.78, 5) is 26.6. The van der Waals surface area contributed by atoms with Crippen molar-refractivity contribution in [2.75, 3.05) is 11.9 Å². The lowest BCUT2D eigenvalue weighted by Crippen LogP contribution is -2.64. The van der Waals surface area contributed by atoms with Crippen LogP contribution in [-0.2, 0) is 14.6 Å². The Kier molecular flexibility index (Phi) is 6.23. The van der Waals surface area contributed by atoms with Gasteiger partial charge in [-0.1, -0.05) is 18.5 Å². The number of benzene rings is 2. The molecule has 2 aromatic carbocycles. The van der Waals surface area contributed by atoms with E-state index >= 15 is 0 Å². The second-order valence-electron chi connectivity index (χ2n) is 9.89. The summed E-state index contributed by atoms with van der Waals surface area (Å²) in [6.07, 6.45) is 0.223. The van der Waals surface area contributed by atoms with Gasteiger partial charge >= 0.3 is 6.09 Å². The van der Waals surface area contributed by atoms with Crippen molar-refractivity contribution in [3.8, 4) is 0 Å². The van der Waals surface area contributed by atoms with E-state index in [1.54, 1.807) is 4.90 Å². The minimum Gasteiger partial charge on any atom is -0.444 e. The van der Waals surface area contributed by atoms with Gasteiger partial charge in [-0.15, -0.1) is 0 Å². The number of carbonyl (C=O) groups excluding carboxylic acids is 2. The molecule has 1 N–H and O–H groups in total. The van der Waals surface area contributed by atoms with Gasteiger partial charge < -0.3 is 15.0 Å². The molecule has 36 heavy (non-hydrogen) atoms. The van der Waals surface area contributed by atoms with Gasteiger partial charge in [0.1, 0.15) is 6.10 Å². The maximum Gasteiger partial charge on any atom is 0.410 e. The molecule has 4 fully saturated rings. The zero-order chi connectivity index (χ0) is 25.9.